The molecule has 0 bridgehead atoms. The van der Waals surface area contributed by atoms with Crippen LogP contribution in [0.5, 0.6) is 0 Å². The van der Waals surface area contributed by atoms with Crippen LogP contribution in [-0.2, 0) is 11.2 Å². The lowest BCUT2D eigenvalue weighted by Crippen LogP contribution is -2.24. The summed E-state index contributed by atoms with van der Waals surface area (Å²) < 4.78 is 0. The van der Waals surface area contributed by atoms with Crippen molar-refractivity contribution in [3.05, 3.63) is 50.9 Å². The van der Waals surface area contributed by atoms with E-state index in [1.165, 1.54) is 0 Å². The number of nitrogens with one attached hydrogen (secondary N) is 2. The molecule has 0 fully saturated rings. The van der Waals surface area contributed by atoms with Crippen LogP contribution in [0.3, 0.4) is 0 Å². The molecule has 0 spiro atoms. The third-order valence-corrected chi connectivity index (χ3v) is 4.70. The number of aromatic nitrogens is 2. The second-order valence-corrected chi connectivity index (χ2v) is 7.06. The molecule has 1 amide bonds. The average Bonchev–Trinajstić information content (AvgIpc) is 2.56. The van der Waals surface area contributed by atoms with E-state index in [9.17, 15) is 9.59 Å². The first-order valence-corrected chi connectivity index (χ1v) is 8.81. The molecule has 1 atom stereocenters. The molecule has 25 heavy (non-hydrogen) atoms. The fourth-order valence-electron chi connectivity index (χ4n) is 2.33. The van der Waals surface area contributed by atoms with Gasteiger partial charge in [-0.15, -0.1) is 0 Å². The highest BCUT2D eigenvalue weighted by Crippen LogP contribution is 2.22. The van der Waals surface area contributed by atoms with Gasteiger partial charge in [0, 0.05) is 5.69 Å². The maximum absolute atomic E-state index is 12.4. The van der Waals surface area contributed by atoms with E-state index in [-0.39, 0.29) is 11.5 Å². The molecule has 130 valence electrons. The maximum atomic E-state index is 12.4. The van der Waals surface area contributed by atoms with Crippen LogP contribution < -0.4 is 10.9 Å². The SMILES string of the molecule is CCc1nc(SC(C)C(=O)Nc2ccc(C)cc2C)[nH]c(=O)c1C#N. The number of nitrogens with zero attached hydrogens (tertiary/aromatic N) is 2. The van der Waals surface area contributed by atoms with Gasteiger partial charge in [-0.05, 0) is 38.8 Å². The summed E-state index contributed by atoms with van der Waals surface area (Å²) in [5.41, 5.74) is 2.88. The third kappa shape index (κ3) is 4.48. The summed E-state index contributed by atoms with van der Waals surface area (Å²) in [4.78, 5) is 31.2. The highest BCUT2D eigenvalue weighted by Gasteiger charge is 2.18. The molecule has 6 nitrogen and oxygen atoms in total. The van der Waals surface area contributed by atoms with Gasteiger partial charge in [0.05, 0.1) is 10.9 Å². The van der Waals surface area contributed by atoms with Gasteiger partial charge in [0.1, 0.15) is 11.6 Å². The molecular weight excluding hydrogens is 336 g/mol. The highest BCUT2D eigenvalue weighted by atomic mass is 32.2. The molecule has 1 heterocycles. The van der Waals surface area contributed by atoms with Gasteiger partial charge in [-0.25, -0.2) is 4.98 Å². The lowest BCUT2D eigenvalue weighted by Gasteiger charge is -2.14. The lowest BCUT2D eigenvalue weighted by atomic mass is 10.1. The average molecular weight is 356 g/mol. The highest BCUT2D eigenvalue weighted by molar-refractivity contribution is 8.00. The van der Waals surface area contributed by atoms with Crippen molar-refractivity contribution in [3.8, 4) is 6.07 Å². The zero-order valence-corrected chi connectivity index (χ0v) is 15.5. The molecule has 2 rings (SSSR count). The van der Waals surface area contributed by atoms with E-state index in [0.29, 0.717) is 17.3 Å². The lowest BCUT2D eigenvalue weighted by molar-refractivity contribution is -0.115. The number of amides is 1. The van der Waals surface area contributed by atoms with Crippen LogP contribution in [0.4, 0.5) is 5.69 Å². The Balaban J connectivity index is 2.15. The number of carbonyl (C=O) groups excluding carboxylic acids is 1. The monoisotopic (exact) mass is 356 g/mol. The number of rotatable bonds is 5. The number of H-pyrrole nitrogens is 1. The van der Waals surface area contributed by atoms with E-state index >= 15 is 0 Å². The summed E-state index contributed by atoms with van der Waals surface area (Å²) >= 11 is 1.15. The van der Waals surface area contributed by atoms with Gasteiger partial charge in [-0.1, -0.05) is 36.4 Å². The molecule has 1 unspecified atom stereocenters. The minimum Gasteiger partial charge on any atom is -0.325 e. The van der Waals surface area contributed by atoms with Crippen molar-refractivity contribution in [1.29, 1.82) is 5.26 Å². The molecule has 0 saturated carbocycles. The summed E-state index contributed by atoms with van der Waals surface area (Å²) in [5, 5.41) is 11.8. The van der Waals surface area contributed by atoms with Gasteiger partial charge in [-0.3, -0.25) is 9.59 Å². The van der Waals surface area contributed by atoms with Crippen molar-refractivity contribution in [2.75, 3.05) is 5.32 Å². The first-order valence-electron chi connectivity index (χ1n) is 7.93. The second-order valence-electron chi connectivity index (χ2n) is 5.73. The Hall–Kier alpha value is -2.59. The number of aryl methyl sites for hydroxylation is 3. The predicted molar refractivity (Wildman–Crippen MR) is 98.8 cm³/mol. The Bertz CT molecular complexity index is 899. The van der Waals surface area contributed by atoms with Crippen LogP contribution >= 0.6 is 11.8 Å². The topological polar surface area (TPSA) is 98.6 Å². The molecule has 0 aliphatic carbocycles. The minimum absolute atomic E-state index is 0.0271. The summed E-state index contributed by atoms with van der Waals surface area (Å²) in [7, 11) is 0. The Morgan fingerprint density at radius 1 is 1.44 bits per heavy atom. The van der Waals surface area contributed by atoms with Crippen LogP contribution in [0.2, 0.25) is 0 Å². The fraction of sp³-hybridized carbons (Fsp3) is 0.333. The van der Waals surface area contributed by atoms with Crippen molar-refractivity contribution < 1.29 is 4.79 Å². The Labute approximate surface area is 150 Å². The van der Waals surface area contributed by atoms with Crippen molar-refractivity contribution in [2.24, 2.45) is 0 Å². The van der Waals surface area contributed by atoms with Crippen LogP contribution in [0.1, 0.15) is 36.2 Å². The van der Waals surface area contributed by atoms with Crippen molar-refractivity contribution in [3.63, 3.8) is 0 Å². The Morgan fingerprint density at radius 3 is 2.76 bits per heavy atom. The van der Waals surface area contributed by atoms with E-state index in [0.717, 1.165) is 28.6 Å². The summed E-state index contributed by atoms with van der Waals surface area (Å²) in [6.45, 7) is 7.50. The number of carbonyl (C=O) groups is 1. The van der Waals surface area contributed by atoms with Crippen LogP contribution in [0.15, 0.2) is 28.2 Å². The summed E-state index contributed by atoms with van der Waals surface area (Å²) in [6, 6.07) is 7.68. The number of thioether (sulfide) groups is 1. The van der Waals surface area contributed by atoms with E-state index in [4.69, 9.17) is 5.26 Å². The van der Waals surface area contributed by atoms with Crippen molar-refractivity contribution in [1.82, 2.24) is 9.97 Å². The largest absolute Gasteiger partial charge is 0.325 e. The quantitative estimate of drug-likeness (QED) is 0.634. The molecule has 2 aromatic rings. The van der Waals surface area contributed by atoms with Gasteiger partial charge in [0.25, 0.3) is 5.56 Å². The van der Waals surface area contributed by atoms with Gasteiger partial charge in [0.2, 0.25) is 5.91 Å². The van der Waals surface area contributed by atoms with E-state index in [2.05, 4.69) is 15.3 Å². The number of nitriles is 1. The number of hydrogen-bond acceptors (Lipinski definition) is 5. The van der Waals surface area contributed by atoms with Gasteiger partial charge < -0.3 is 10.3 Å². The maximum Gasteiger partial charge on any atom is 0.269 e. The Kier molecular flexibility index (Phi) is 5.99. The zero-order chi connectivity index (χ0) is 18.6. The van der Waals surface area contributed by atoms with E-state index in [1.807, 2.05) is 45.0 Å². The smallest absolute Gasteiger partial charge is 0.269 e. The first kappa shape index (κ1) is 18.7. The van der Waals surface area contributed by atoms with E-state index < -0.39 is 10.8 Å². The minimum atomic E-state index is -0.473. The summed E-state index contributed by atoms with van der Waals surface area (Å²) in [6.07, 6.45) is 0.476. The number of hydrogen-bond donors (Lipinski definition) is 2. The number of benzene rings is 1. The fourth-order valence-corrected chi connectivity index (χ4v) is 3.15. The van der Waals surface area contributed by atoms with E-state index in [1.54, 1.807) is 6.92 Å². The third-order valence-electron chi connectivity index (χ3n) is 3.72. The van der Waals surface area contributed by atoms with Gasteiger partial charge >= 0.3 is 0 Å². The Morgan fingerprint density at radius 2 is 2.16 bits per heavy atom. The molecule has 2 N–H and O–H groups in total. The molecule has 0 aliphatic rings. The van der Waals surface area contributed by atoms with Crippen LogP contribution in [-0.4, -0.2) is 21.1 Å². The zero-order valence-electron chi connectivity index (χ0n) is 14.6. The molecule has 1 aromatic heterocycles. The molecule has 1 aromatic carbocycles. The van der Waals surface area contributed by atoms with Crippen LogP contribution in [0.25, 0.3) is 0 Å². The molecular formula is C18H20N4O2S. The molecule has 0 radical (unpaired) electrons. The van der Waals surface area contributed by atoms with Gasteiger partial charge in [-0.2, -0.15) is 5.26 Å². The number of anilines is 1. The first-order chi connectivity index (χ1) is 11.8. The second kappa shape index (κ2) is 7.99. The summed E-state index contributed by atoms with van der Waals surface area (Å²) in [5.74, 6) is -0.179. The molecule has 0 saturated heterocycles. The van der Waals surface area contributed by atoms with Gasteiger partial charge in [0.15, 0.2) is 5.16 Å². The van der Waals surface area contributed by atoms with Crippen LogP contribution in [0, 0.1) is 25.2 Å². The normalized spacial score (nSPS) is 11.6. The standard InChI is InChI=1S/C18H20N4O2S/c1-5-14-13(9-19)17(24)22-18(21-14)25-12(4)16(23)20-15-7-6-10(2)8-11(15)3/h6-8,12H,5H2,1-4H3,(H,20,23)(H,21,22,24). The van der Waals surface area contributed by atoms with Crippen molar-refractivity contribution in [2.45, 2.75) is 44.5 Å². The molecule has 7 heteroatoms. The van der Waals surface area contributed by atoms with Crippen molar-refractivity contribution >= 4 is 23.4 Å². The number of aromatic amines is 1. The molecule has 0 aliphatic heterocycles. The predicted octanol–water partition coefficient (Wildman–Crippen LogP) is 2.94.